The number of nitrogens with one attached hydrogen (secondary N) is 1. The lowest BCUT2D eigenvalue weighted by Gasteiger charge is -2.33. The first-order valence-corrected chi connectivity index (χ1v) is 5.95. The molecular formula is C12H11N5O. The maximum atomic E-state index is 11.9. The first-order chi connectivity index (χ1) is 8.86. The molecule has 0 fully saturated rings. The molecule has 0 aliphatic carbocycles. The zero-order valence-electron chi connectivity index (χ0n) is 9.63. The third kappa shape index (κ3) is 1.09. The number of para-hydroxylation sites is 1. The quantitative estimate of drug-likeness (QED) is 0.731. The third-order valence-electron chi connectivity index (χ3n) is 3.34. The van der Waals surface area contributed by atoms with Gasteiger partial charge in [0.1, 0.15) is 5.84 Å². The number of hydrogen-bond donors (Lipinski definition) is 1. The van der Waals surface area contributed by atoms with Crippen LogP contribution in [0.3, 0.4) is 0 Å². The van der Waals surface area contributed by atoms with Gasteiger partial charge in [-0.1, -0.05) is 12.1 Å². The summed E-state index contributed by atoms with van der Waals surface area (Å²) in [6.07, 6.45) is 0.979. The van der Waals surface area contributed by atoms with Crippen LogP contribution in [0.4, 0.5) is 5.95 Å². The van der Waals surface area contributed by atoms with Crippen LogP contribution in [0.2, 0.25) is 0 Å². The minimum absolute atomic E-state index is 0.206. The van der Waals surface area contributed by atoms with Crippen LogP contribution in [0.1, 0.15) is 12.0 Å². The van der Waals surface area contributed by atoms with Crippen molar-refractivity contribution in [2.45, 2.75) is 6.42 Å². The van der Waals surface area contributed by atoms with Crippen LogP contribution in [0.25, 0.3) is 5.69 Å². The Morgan fingerprint density at radius 2 is 2.17 bits per heavy atom. The Morgan fingerprint density at radius 3 is 3.11 bits per heavy atom. The zero-order valence-corrected chi connectivity index (χ0v) is 9.63. The summed E-state index contributed by atoms with van der Waals surface area (Å²) in [5.41, 5.74) is 1.64. The molecule has 90 valence electrons. The van der Waals surface area contributed by atoms with Crippen LogP contribution in [0.15, 0.2) is 34.1 Å². The number of hydrogen-bond acceptors (Lipinski definition) is 4. The number of anilines is 1. The molecule has 0 atom stereocenters. The fraction of sp³-hybridized carbons (Fsp3) is 0.250. The number of fused-ring (bicyclic) bond motifs is 6. The summed E-state index contributed by atoms with van der Waals surface area (Å²) < 4.78 is 1.61. The monoisotopic (exact) mass is 241 g/mol. The molecular weight excluding hydrogens is 230 g/mol. The number of aromatic amines is 1. The molecule has 4 rings (SSSR count). The van der Waals surface area contributed by atoms with Crippen LogP contribution >= 0.6 is 0 Å². The first kappa shape index (κ1) is 9.64. The van der Waals surface area contributed by atoms with Crippen LogP contribution in [0, 0.1) is 0 Å². The molecule has 6 nitrogen and oxygen atoms in total. The highest BCUT2D eigenvalue weighted by Crippen LogP contribution is 2.28. The van der Waals surface area contributed by atoms with Gasteiger partial charge in [0.15, 0.2) is 0 Å². The summed E-state index contributed by atoms with van der Waals surface area (Å²) in [4.78, 5) is 18.5. The van der Waals surface area contributed by atoms with Gasteiger partial charge in [-0.05, 0) is 18.6 Å². The fourth-order valence-corrected chi connectivity index (χ4v) is 2.57. The minimum atomic E-state index is -0.206. The average molecular weight is 241 g/mol. The molecule has 1 aromatic carbocycles. The van der Waals surface area contributed by atoms with Crippen LogP contribution in [-0.4, -0.2) is 33.7 Å². The molecule has 18 heavy (non-hydrogen) atoms. The maximum absolute atomic E-state index is 11.9. The SMILES string of the molecule is O=c1[nH]nc2n1-c1ccccc1C1=NCCCN12. The van der Waals surface area contributed by atoms with Crippen molar-refractivity contribution >= 4 is 11.8 Å². The van der Waals surface area contributed by atoms with Crippen molar-refractivity contribution in [1.82, 2.24) is 14.8 Å². The van der Waals surface area contributed by atoms with Crippen molar-refractivity contribution in [3.05, 3.63) is 40.3 Å². The van der Waals surface area contributed by atoms with Gasteiger partial charge in [0.25, 0.3) is 0 Å². The van der Waals surface area contributed by atoms with Gasteiger partial charge in [-0.25, -0.2) is 14.5 Å². The maximum Gasteiger partial charge on any atom is 0.349 e. The second-order valence-electron chi connectivity index (χ2n) is 4.39. The summed E-state index contributed by atoms with van der Waals surface area (Å²) in [6.45, 7) is 1.67. The van der Waals surface area contributed by atoms with E-state index in [0.717, 1.165) is 36.6 Å². The lowest BCUT2D eigenvalue weighted by molar-refractivity contribution is 0.757. The predicted molar refractivity (Wildman–Crippen MR) is 67.6 cm³/mol. The smallest absolute Gasteiger partial charge is 0.294 e. The van der Waals surface area contributed by atoms with Crippen molar-refractivity contribution in [1.29, 1.82) is 0 Å². The second kappa shape index (κ2) is 3.32. The molecule has 2 aliphatic rings. The summed E-state index contributed by atoms with van der Waals surface area (Å²) in [5, 5.41) is 6.62. The van der Waals surface area contributed by atoms with Crippen molar-refractivity contribution in [3.8, 4) is 5.69 Å². The minimum Gasteiger partial charge on any atom is -0.294 e. The van der Waals surface area contributed by atoms with Gasteiger partial charge < -0.3 is 0 Å². The molecule has 1 aromatic heterocycles. The summed E-state index contributed by atoms with van der Waals surface area (Å²) in [5.74, 6) is 1.56. The molecule has 6 heteroatoms. The normalized spacial score (nSPS) is 16.7. The number of aromatic nitrogens is 3. The van der Waals surface area contributed by atoms with E-state index in [1.807, 2.05) is 29.2 Å². The van der Waals surface area contributed by atoms with E-state index < -0.39 is 0 Å². The number of nitrogens with zero attached hydrogens (tertiary/aromatic N) is 4. The van der Waals surface area contributed by atoms with E-state index >= 15 is 0 Å². The molecule has 2 aliphatic heterocycles. The van der Waals surface area contributed by atoms with Gasteiger partial charge in [-0.2, -0.15) is 0 Å². The number of rotatable bonds is 0. The highest BCUT2D eigenvalue weighted by atomic mass is 16.2. The Bertz CT molecular complexity index is 711. The van der Waals surface area contributed by atoms with Gasteiger partial charge in [0.2, 0.25) is 5.95 Å². The van der Waals surface area contributed by atoms with E-state index in [9.17, 15) is 4.79 Å². The highest BCUT2D eigenvalue weighted by Gasteiger charge is 2.31. The van der Waals surface area contributed by atoms with Gasteiger partial charge in [0.05, 0.1) is 5.69 Å². The Labute approximate surface area is 103 Å². The molecule has 0 bridgehead atoms. The van der Waals surface area contributed by atoms with Crippen LogP contribution in [-0.2, 0) is 0 Å². The van der Waals surface area contributed by atoms with Crippen molar-refractivity contribution in [2.75, 3.05) is 18.0 Å². The average Bonchev–Trinajstić information content (AvgIpc) is 2.82. The summed E-state index contributed by atoms with van der Waals surface area (Å²) in [7, 11) is 0. The lowest BCUT2D eigenvalue weighted by atomic mass is 10.1. The van der Waals surface area contributed by atoms with E-state index in [0.29, 0.717) is 5.95 Å². The van der Waals surface area contributed by atoms with Crippen molar-refractivity contribution in [2.24, 2.45) is 4.99 Å². The van der Waals surface area contributed by atoms with Crippen molar-refractivity contribution < 1.29 is 0 Å². The molecule has 2 aromatic rings. The molecule has 0 saturated carbocycles. The number of benzene rings is 1. The van der Waals surface area contributed by atoms with Crippen LogP contribution < -0.4 is 10.6 Å². The van der Waals surface area contributed by atoms with Gasteiger partial charge in [-0.3, -0.25) is 9.89 Å². The predicted octanol–water partition coefficient (Wildman–Crippen LogP) is 0.531. The molecule has 0 radical (unpaired) electrons. The number of H-pyrrole nitrogens is 1. The zero-order chi connectivity index (χ0) is 12.1. The second-order valence-corrected chi connectivity index (χ2v) is 4.39. The molecule has 0 spiro atoms. The first-order valence-electron chi connectivity index (χ1n) is 5.95. The Hall–Kier alpha value is -2.37. The van der Waals surface area contributed by atoms with Crippen LogP contribution in [0.5, 0.6) is 0 Å². The summed E-state index contributed by atoms with van der Waals surface area (Å²) in [6, 6.07) is 7.80. The highest BCUT2D eigenvalue weighted by molar-refractivity contribution is 6.13. The van der Waals surface area contributed by atoms with Gasteiger partial charge >= 0.3 is 5.69 Å². The van der Waals surface area contributed by atoms with Crippen molar-refractivity contribution in [3.63, 3.8) is 0 Å². The van der Waals surface area contributed by atoms with Gasteiger partial charge in [-0.15, -0.1) is 5.10 Å². The number of amidine groups is 1. The molecule has 0 unspecified atom stereocenters. The molecule has 1 N–H and O–H groups in total. The largest absolute Gasteiger partial charge is 0.349 e. The van der Waals surface area contributed by atoms with E-state index in [1.165, 1.54) is 0 Å². The fourth-order valence-electron chi connectivity index (χ4n) is 2.57. The molecule has 0 amide bonds. The lowest BCUT2D eigenvalue weighted by Crippen LogP contribution is -2.42. The van der Waals surface area contributed by atoms with E-state index in [2.05, 4.69) is 15.2 Å². The standard InChI is InChI=1S/C12H11N5O/c18-12-15-14-11-16-7-3-6-13-10(16)8-4-1-2-5-9(8)17(11)12/h1-2,4-5H,3,6-7H2,(H,15,18). The van der Waals surface area contributed by atoms with E-state index in [1.54, 1.807) is 4.57 Å². The third-order valence-corrected chi connectivity index (χ3v) is 3.34. The molecule has 0 saturated heterocycles. The van der Waals surface area contributed by atoms with E-state index in [4.69, 9.17) is 0 Å². The summed E-state index contributed by atoms with van der Waals surface area (Å²) >= 11 is 0. The Kier molecular flexibility index (Phi) is 1.78. The topological polar surface area (TPSA) is 66.3 Å². The Morgan fingerprint density at radius 1 is 1.28 bits per heavy atom. The Balaban J connectivity index is 2.11. The van der Waals surface area contributed by atoms with E-state index in [-0.39, 0.29) is 5.69 Å². The molecule has 3 heterocycles. The number of aliphatic imine (C=N–C) groups is 1. The van der Waals surface area contributed by atoms with Gasteiger partial charge in [0, 0.05) is 18.7 Å².